The monoisotopic (exact) mass is 299 g/mol. The number of rotatable bonds is 6. The third kappa shape index (κ3) is 4.37. The van der Waals surface area contributed by atoms with Gasteiger partial charge < -0.3 is 10.1 Å². The number of carbonyl (C=O) groups is 1. The second kappa shape index (κ2) is 6.97. The molecule has 114 valence electrons. The Bertz CT molecular complexity index is 563. The Labute approximate surface area is 121 Å². The zero-order valence-electron chi connectivity index (χ0n) is 11.8. The fraction of sp³-hybridized carbons (Fsp3) is 0.267. The predicted octanol–water partition coefficient (Wildman–Crippen LogP) is 3.88. The summed E-state index contributed by atoms with van der Waals surface area (Å²) in [5, 5.41) is 2.78. The molecule has 0 unspecified atom stereocenters. The Hall–Kier alpha value is -2.24. The number of halogens is 3. The number of nitrogens with one attached hydrogen (secondary N) is 1. The van der Waals surface area contributed by atoms with Crippen LogP contribution >= 0.6 is 0 Å². The van der Waals surface area contributed by atoms with E-state index in [1.165, 1.54) is 6.07 Å². The van der Waals surface area contributed by atoms with Crippen LogP contribution in [-0.4, -0.2) is 26.1 Å². The molecule has 1 aromatic rings. The van der Waals surface area contributed by atoms with Crippen LogP contribution in [0.4, 0.5) is 18.9 Å². The van der Waals surface area contributed by atoms with Gasteiger partial charge >= 0.3 is 6.18 Å². The molecule has 0 aromatic heterocycles. The SMILES string of the molecule is C=C(OCC)c1ccc(NC)c(/C=C(\C=O)C(F)(F)F)c1. The fourth-order valence-corrected chi connectivity index (χ4v) is 1.69. The normalized spacial score (nSPS) is 12.0. The first-order chi connectivity index (χ1) is 9.83. The van der Waals surface area contributed by atoms with Crippen LogP contribution in [0.25, 0.3) is 11.8 Å². The van der Waals surface area contributed by atoms with E-state index in [2.05, 4.69) is 11.9 Å². The first kappa shape index (κ1) is 16.8. The molecule has 1 aromatic carbocycles. The molecule has 0 aliphatic carbocycles. The summed E-state index contributed by atoms with van der Waals surface area (Å²) in [5.74, 6) is 0.356. The smallest absolute Gasteiger partial charge is 0.419 e. The number of benzene rings is 1. The van der Waals surface area contributed by atoms with Gasteiger partial charge in [0.25, 0.3) is 0 Å². The van der Waals surface area contributed by atoms with Crippen LogP contribution in [-0.2, 0) is 9.53 Å². The van der Waals surface area contributed by atoms with Crippen LogP contribution in [0.1, 0.15) is 18.1 Å². The maximum Gasteiger partial charge on any atom is 0.419 e. The van der Waals surface area contributed by atoms with Crippen molar-refractivity contribution < 1.29 is 22.7 Å². The summed E-state index contributed by atoms with van der Waals surface area (Å²) in [7, 11) is 1.58. The number of aldehydes is 1. The molecule has 0 bridgehead atoms. The fourth-order valence-electron chi connectivity index (χ4n) is 1.69. The van der Waals surface area contributed by atoms with Gasteiger partial charge in [-0.15, -0.1) is 0 Å². The first-order valence-electron chi connectivity index (χ1n) is 6.21. The molecule has 0 heterocycles. The molecule has 0 amide bonds. The van der Waals surface area contributed by atoms with E-state index in [0.29, 0.717) is 23.6 Å². The zero-order chi connectivity index (χ0) is 16.0. The topological polar surface area (TPSA) is 38.3 Å². The van der Waals surface area contributed by atoms with Crippen molar-refractivity contribution in [3.05, 3.63) is 41.5 Å². The third-order valence-electron chi connectivity index (χ3n) is 2.73. The lowest BCUT2D eigenvalue weighted by Crippen LogP contribution is -2.12. The number of ether oxygens (including phenoxy) is 1. The molecule has 6 heteroatoms. The summed E-state index contributed by atoms with van der Waals surface area (Å²) < 4.78 is 43.2. The summed E-state index contributed by atoms with van der Waals surface area (Å²) in [6.07, 6.45) is -4.11. The van der Waals surface area contributed by atoms with E-state index in [1.54, 1.807) is 26.1 Å². The molecule has 0 radical (unpaired) electrons. The molecule has 1 rings (SSSR count). The van der Waals surface area contributed by atoms with E-state index in [4.69, 9.17) is 4.74 Å². The van der Waals surface area contributed by atoms with Gasteiger partial charge in [0, 0.05) is 18.3 Å². The van der Waals surface area contributed by atoms with Gasteiger partial charge in [0.1, 0.15) is 5.76 Å². The minimum Gasteiger partial charge on any atom is -0.494 e. The van der Waals surface area contributed by atoms with E-state index in [0.717, 1.165) is 6.08 Å². The molecule has 0 saturated carbocycles. The van der Waals surface area contributed by atoms with Crippen LogP contribution in [0, 0.1) is 0 Å². The maximum atomic E-state index is 12.7. The van der Waals surface area contributed by atoms with Crippen LogP contribution < -0.4 is 5.32 Å². The lowest BCUT2D eigenvalue weighted by Gasteiger charge is -2.12. The molecule has 0 aliphatic rings. The van der Waals surface area contributed by atoms with Crippen molar-refractivity contribution in [3.63, 3.8) is 0 Å². The standard InChI is InChI=1S/C15H16F3NO2/c1-4-21-10(2)11-5-6-14(19-3)12(7-11)8-13(9-20)15(16,17)18/h5-9,19H,2,4H2,1,3H3/b13-8+. The molecule has 1 N–H and O–H groups in total. The number of carbonyl (C=O) groups excluding carboxylic acids is 1. The summed E-state index contributed by atoms with van der Waals surface area (Å²) in [6.45, 7) is 5.89. The number of alkyl halides is 3. The first-order valence-corrected chi connectivity index (χ1v) is 6.21. The summed E-state index contributed by atoms with van der Waals surface area (Å²) in [4.78, 5) is 10.6. The highest BCUT2D eigenvalue weighted by Crippen LogP contribution is 2.29. The van der Waals surface area contributed by atoms with E-state index >= 15 is 0 Å². The second-order valence-electron chi connectivity index (χ2n) is 4.12. The number of anilines is 1. The van der Waals surface area contributed by atoms with E-state index in [9.17, 15) is 18.0 Å². The number of allylic oxidation sites excluding steroid dienone is 1. The molecule has 0 saturated heterocycles. The molecular weight excluding hydrogens is 283 g/mol. The zero-order valence-corrected chi connectivity index (χ0v) is 11.8. The van der Waals surface area contributed by atoms with Crippen molar-refractivity contribution in [1.82, 2.24) is 0 Å². The molecule has 3 nitrogen and oxygen atoms in total. The van der Waals surface area contributed by atoms with E-state index in [-0.39, 0.29) is 11.8 Å². The summed E-state index contributed by atoms with van der Waals surface area (Å²) in [6, 6.07) is 4.76. The van der Waals surface area contributed by atoms with Crippen LogP contribution in [0.5, 0.6) is 0 Å². The van der Waals surface area contributed by atoms with Crippen LogP contribution in [0.15, 0.2) is 30.4 Å². The Morgan fingerprint density at radius 2 is 2.10 bits per heavy atom. The van der Waals surface area contributed by atoms with Crippen molar-refractivity contribution >= 4 is 23.8 Å². The highest BCUT2D eigenvalue weighted by Gasteiger charge is 2.33. The van der Waals surface area contributed by atoms with Crippen molar-refractivity contribution in [2.75, 3.05) is 19.0 Å². The lowest BCUT2D eigenvalue weighted by atomic mass is 10.0. The van der Waals surface area contributed by atoms with E-state index in [1.807, 2.05) is 0 Å². The minimum atomic E-state index is -4.69. The van der Waals surface area contributed by atoms with Gasteiger partial charge in [-0.2, -0.15) is 13.2 Å². The largest absolute Gasteiger partial charge is 0.494 e. The Morgan fingerprint density at radius 3 is 2.57 bits per heavy atom. The Kier molecular flexibility index (Phi) is 5.58. The van der Waals surface area contributed by atoms with Crippen LogP contribution in [0.2, 0.25) is 0 Å². The van der Waals surface area contributed by atoms with Gasteiger partial charge in [-0.3, -0.25) is 4.79 Å². The molecule has 0 aliphatic heterocycles. The molecule has 0 atom stereocenters. The highest BCUT2D eigenvalue weighted by atomic mass is 19.4. The van der Waals surface area contributed by atoms with Crippen molar-refractivity contribution in [2.45, 2.75) is 13.1 Å². The average Bonchev–Trinajstić information content (AvgIpc) is 2.43. The third-order valence-corrected chi connectivity index (χ3v) is 2.73. The Morgan fingerprint density at radius 1 is 1.43 bits per heavy atom. The highest BCUT2D eigenvalue weighted by molar-refractivity contribution is 5.86. The van der Waals surface area contributed by atoms with Gasteiger partial charge in [0.15, 0.2) is 6.29 Å². The van der Waals surface area contributed by atoms with E-state index < -0.39 is 11.7 Å². The number of hydrogen-bond acceptors (Lipinski definition) is 3. The van der Waals surface area contributed by atoms with Crippen molar-refractivity contribution in [1.29, 1.82) is 0 Å². The predicted molar refractivity (Wildman–Crippen MR) is 76.7 cm³/mol. The quantitative estimate of drug-likeness (QED) is 0.492. The molecule has 0 spiro atoms. The molecule has 0 fully saturated rings. The van der Waals surface area contributed by atoms with Gasteiger partial charge in [-0.25, -0.2) is 0 Å². The van der Waals surface area contributed by atoms with Crippen LogP contribution in [0.3, 0.4) is 0 Å². The molecular formula is C15H16F3NO2. The van der Waals surface area contributed by atoms with Gasteiger partial charge in [-0.05, 0) is 36.8 Å². The lowest BCUT2D eigenvalue weighted by molar-refractivity contribution is -0.118. The summed E-state index contributed by atoms with van der Waals surface area (Å²) >= 11 is 0. The minimum absolute atomic E-state index is 0.205. The van der Waals surface area contributed by atoms with Gasteiger partial charge in [0.05, 0.1) is 12.2 Å². The van der Waals surface area contributed by atoms with Gasteiger partial charge in [0.2, 0.25) is 0 Å². The molecule has 21 heavy (non-hydrogen) atoms. The Balaban J connectivity index is 3.32. The summed E-state index contributed by atoms with van der Waals surface area (Å²) in [5.41, 5.74) is -0.00498. The van der Waals surface area contributed by atoms with Crippen molar-refractivity contribution in [2.24, 2.45) is 0 Å². The van der Waals surface area contributed by atoms with Gasteiger partial charge in [-0.1, -0.05) is 6.58 Å². The number of hydrogen-bond donors (Lipinski definition) is 1. The second-order valence-corrected chi connectivity index (χ2v) is 4.12. The maximum absolute atomic E-state index is 12.7. The van der Waals surface area contributed by atoms with Crippen molar-refractivity contribution in [3.8, 4) is 0 Å². The average molecular weight is 299 g/mol.